The first-order valence-electron chi connectivity index (χ1n) is 7.82. The predicted molar refractivity (Wildman–Crippen MR) is 84.7 cm³/mol. The maximum atomic E-state index is 12.4. The van der Waals surface area contributed by atoms with Crippen molar-refractivity contribution in [2.24, 2.45) is 0 Å². The first-order valence-corrected chi connectivity index (χ1v) is 8.70. The lowest BCUT2D eigenvalue weighted by Gasteiger charge is -2.32. The van der Waals surface area contributed by atoms with Gasteiger partial charge in [0.05, 0.1) is 23.4 Å². The van der Waals surface area contributed by atoms with E-state index in [-0.39, 0.29) is 5.91 Å². The van der Waals surface area contributed by atoms with Gasteiger partial charge in [-0.3, -0.25) is 9.48 Å². The molecular weight excluding hydrogens is 298 g/mol. The minimum atomic E-state index is 0.201. The second-order valence-corrected chi connectivity index (χ2v) is 6.52. The maximum Gasteiger partial charge on any atom is 0.224 e. The number of nitrogens with zero attached hydrogens (tertiary/aromatic N) is 5. The van der Waals surface area contributed by atoms with Gasteiger partial charge >= 0.3 is 0 Å². The fraction of sp³-hybridized carbons (Fsp3) is 0.600. The molecule has 2 aromatic rings. The molecule has 0 aliphatic carbocycles. The van der Waals surface area contributed by atoms with Crippen LogP contribution in [0.15, 0.2) is 17.8 Å². The van der Waals surface area contributed by atoms with Gasteiger partial charge in [0, 0.05) is 37.0 Å². The van der Waals surface area contributed by atoms with Gasteiger partial charge in [-0.2, -0.15) is 0 Å². The van der Waals surface area contributed by atoms with E-state index in [9.17, 15) is 4.79 Å². The van der Waals surface area contributed by atoms with Crippen molar-refractivity contribution < 1.29 is 4.79 Å². The van der Waals surface area contributed by atoms with Crippen LogP contribution >= 0.6 is 11.3 Å². The van der Waals surface area contributed by atoms with Gasteiger partial charge in [-0.05, 0) is 19.3 Å². The van der Waals surface area contributed by atoms with Gasteiger partial charge in [0.2, 0.25) is 5.91 Å². The molecule has 3 heterocycles. The minimum Gasteiger partial charge on any atom is -0.342 e. The highest BCUT2D eigenvalue weighted by Gasteiger charge is 2.26. The van der Waals surface area contributed by atoms with Crippen LogP contribution in [0.4, 0.5) is 0 Å². The summed E-state index contributed by atoms with van der Waals surface area (Å²) in [6.07, 6.45) is 7.06. The van der Waals surface area contributed by atoms with E-state index in [4.69, 9.17) is 4.98 Å². The zero-order chi connectivity index (χ0) is 15.4. The van der Waals surface area contributed by atoms with E-state index in [1.165, 1.54) is 5.01 Å². The van der Waals surface area contributed by atoms with Gasteiger partial charge in [0.1, 0.15) is 0 Å². The van der Waals surface area contributed by atoms with Crippen LogP contribution in [-0.4, -0.2) is 43.9 Å². The summed E-state index contributed by atoms with van der Waals surface area (Å²) in [5.41, 5.74) is 1.16. The molecule has 22 heavy (non-hydrogen) atoms. The number of amides is 1. The third kappa shape index (κ3) is 3.52. The quantitative estimate of drug-likeness (QED) is 0.846. The lowest BCUT2D eigenvalue weighted by molar-refractivity contribution is -0.132. The molecule has 3 rings (SSSR count). The molecule has 0 N–H and O–H groups in total. The second-order valence-electron chi connectivity index (χ2n) is 5.63. The summed E-state index contributed by atoms with van der Waals surface area (Å²) in [5, 5.41) is 11.0. The number of aromatic nitrogens is 4. The van der Waals surface area contributed by atoms with Gasteiger partial charge < -0.3 is 4.90 Å². The van der Waals surface area contributed by atoms with E-state index in [1.54, 1.807) is 28.4 Å². The molecule has 1 amide bonds. The van der Waals surface area contributed by atoms with Gasteiger partial charge in [0.15, 0.2) is 0 Å². The Morgan fingerprint density at radius 2 is 2.41 bits per heavy atom. The Morgan fingerprint density at radius 1 is 1.50 bits per heavy atom. The van der Waals surface area contributed by atoms with E-state index in [2.05, 4.69) is 22.6 Å². The third-order valence-corrected chi connectivity index (χ3v) is 5.14. The van der Waals surface area contributed by atoms with Crippen LogP contribution in [0.3, 0.4) is 0 Å². The van der Waals surface area contributed by atoms with Gasteiger partial charge in [-0.1, -0.05) is 12.1 Å². The van der Waals surface area contributed by atoms with E-state index in [0.29, 0.717) is 18.9 Å². The molecule has 1 fully saturated rings. The average molecular weight is 319 g/mol. The normalized spacial score (nSPS) is 18.6. The Bertz CT molecular complexity index is 609. The zero-order valence-corrected chi connectivity index (χ0v) is 13.6. The molecule has 7 heteroatoms. The van der Waals surface area contributed by atoms with Crippen LogP contribution < -0.4 is 0 Å². The van der Waals surface area contributed by atoms with Crippen molar-refractivity contribution in [1.29, 1.82) is 0 Å². The Balaban J connectivity index is 1.56. The molecule has 0 spiro atoms. The SMILES string of the molecule is CCc1csc([C@@H]2CCCN(C(=O)CCn3ccnn3)C2)n1. The standard InChI is InChI=1S/C15H21N5OS/c1-2-13-11-22-15(17-13)12-4-3-7-19(10-12)14(21)5-8-20-9-6-16-18-20/h6,9,11-12H,2-5,7-8,10H2,1H3/t12-/m1/s1. The van der Waals surface area contributed by atoms with Crippen LogP contribution in [0.2, 0.25) is 0 Å². The number of hydrogen-bond donors (Lipinski definition) is 0. The summed E-state index contributed by atoms with van der Waals surface area (Å²) in [6.45, 7) is 4.38. The lowest BCUT2D eigenvalue weighted by Crippen LogP contribution is -2.39. The Morgan fingerprint density at radius 3 is 3.14 bits per heavy atom. The number of piperidine rings is 1. The third-order valence-electron chi connectivity index (χ3n) is 4.08. The number of hydrogen-bond acceptors (Lipinski definition) is 5. The van der Waals surface area contributed by atoms with Crippen LogP contribution in [0.25, 0.3) is 0 Å². The molecule has 1 atom stereocenters. The molecule has 6 nitrogen and oxygen atoms in total. The molecule has 2 aromatic heterocycles. The van der Waals surface area contributed by atoms with Gasteiger partial charge in [-0.25, -0.2) is 4.98 Å². The number of carbonyl (C=O) groups is 1. The second kappa shape index (κ2) is 7.00. The van der Waals surface area contributed by atoms with Crippen LogP contribution in [0.1, 0.15) is 42.8 Å². The molecule has 0 unspecified atom stereocenters. The van der Waals surface area contributed by atoms with Crippen LogP contribution in [0, 0.1) is 0 Å². The van der Waals surface area contributed by atoms with E-state index < -0.39 is 0 Å². The maximum absolute atomic E-state index is 12.4. The number of rotatable bonds is 5. The van der Waals surface area contributed by atoms with Crippen molar-refractivity contribution in [3.63, 3.8) is 0 Å². The number of likely N-dealkylation sites (tertiary alicyclic amines) is 1. The molecule has 0 saturated carbocycles. The van der Waals surface area contributed by atoms with Crippen molar-refractivity contribution in [3.8, 4) is 0 Å². The topological polar surface area (TPSA) is 63.9 Å². The number of thiazole rings is 1. The van der Waals surface area contributed by atoms with Crippen molar-refractivity contribution in [2.75, 3.05) is 13.1 Å². The van der Waals surface area contributed by atoms with E-state index >= 15 is 0 Å². The van der Waals surface area contributed by atoms with Crippen molar-refractivity contribution >= 4 is 17.2 Å². The summed E-state index contributed by atoms with van der Waals surface area (Å²) < 4.78 is 1.70. The lowest BCUT2D eigenvalue weighted by atomic mass is 9.98. The minimum absolute atomic E-state index is 0.201. The summed E-state index contributed by atoms with van der Waals surface area (Å²) in [4.78, 5) is 19.1. The monoisotopic (exact) mass is 319 g/mol. The molecule has 0 aromatic carbocycles. The molecule has 1 aliphatic rings. The fourth-order valence-corrected chi connectivity index (χ4v) is 3.83. The molecule has 1 saturated heterocycles. The highest BCUT2D eigenvalue weighted by Crippen LogP contribution is 2.29. The van der Waals surface area contributed by atoms with Gasteiger partial charge in [-0.15, -0.1) is 16.4 Å². The summed E-state index contributed by atoms with van der Waals surface area (Å²) in [7, 11) is 0. The first kappa shape index (κ1) is 15.1. The summed E-state index contributed by atoms with van der Waals surface area (Å²) in [6, 6.07) is 0. The zero-order valence-electron chi connectivity index (χ0n) is 12.8. The smallest absolute Gasteiger partial charge is 0.224 e. The molecule has 118 valence electrons. The van der Waals surface area contributed by atoms with Crippen LogP contribution in [0.5, 0.6) is 0 Å². The summed E-state index contributed by atoms with van der Waals surface area (Å²) in [5.74, 6) is 0.599. The van der Waals surface area contributed by atoms with E-state index in [0.717, 1.165) is 38.0 Å². The molecular formula is C15H21N5OS. The largest absolute Gasteiger partial charge is 0.342 e. The highest BCUT2D eigenvalue weighted by molar-refractivity contribution is 7.09. The Labute approximate surface area is 134 Å². The summed E-state index contributed by atoms with van der Waals surface area (Å²) >= 11 is 1.73. The molecule has 0 bridgehead atoms. The number of aryl methyl sites for hydroxylation is 2. The predicted octanol–water partition coefficient (Wildman–Crippen LogP) is 2.09. The van der Waals surface area contributed by atoms with Crippen molar-refractivity contribution in [3.05, 3.63) is 28.5 Å². The van der Waals surface area contributed by atoms with Gasteiger partial charge in [0.25, 0.3) is 0 Å². The van der Waals surface area contributed by atoms with E-state index in [1.807, 2.05) is 4.90 Å². The Hall–Kier alpha value is -1.76. The van der Waals surface area contributed by atoms with Crippen LogP contribution in [-0.2, 0) is 17.8 Å². The molecule has 1 aliphatic heterocycles. The molecule has 0 radical (unpaired) electrons. The van der Waals surface area contributed by atoms with Crippen molar-refractivity contribution in [2.45, 2.75) is 45.1 Å². The Kier molecular flexibility index (Phi) is 4.82. The first-order chi connectivity index (χ1) is 10.8. The average Bonchev–Trinajstić information content (AvgIpc) is 3.24. The fourth-order valence-electron chi connectivity index (χ4n) is 2.80. The van der Waals surface area contributed by atoms with Crippen molar-refractivity contribution in [1.82, 2.24) is 24.9 Å². The highest BCUT2D eigenvalue weighted by atomic mass is 32.1. The number of carbonyl (C=O) groups excluding carboxylic acids is 1.